The van der Waals surface area contributed by atoms with Crippen molar-refractivity contribution in [3.05, 3.63) is 48.2 Å². The monoisotopic (exact) mass is 187 g/mol. The standard InChI is InChI=1S/C13H17N/c1-4-8-12-9-6-7-10-13(12)14-11(3)5-2/h6-10H,3-5H2,1-2H3/b12-8-,14-13-. The number of aliphatic imine (C=N–C) groups is 1. The van der Waals surface area contributed by atoms with Gasteiger partial charge in [-0.25, -0.2) is 0 Å². The summed E-state index contributed by atoms with van der Waals surface area (Å²) in [6.45, 7) is 8.09. The molecule has 0 heterocycles. The van der Waals surface area contributed by atoms with Crippen LogP contribution in [-0.4, -0.2) is 5.71 Å². The van der Waals surface area contributed by atoms with Crippen LogP contribution in [0.1, 0.15) is 26.7 Å². The minimum Gasteiger partial charge on any atom is -0.253 e. The Bertz CT molecular complexity index is 327. The molecular weight excluding hydrogens is 170 g/mol. The first-order chi connectivity index (χ1) is 6.77. The smallest absolute Gasteiger partial charge is 0.0701 e. The molecule has 0 saturated heterocycles. The summed E-state index contributed by atoms with van der Waals surface area (Å²) in [5.74, 6) is 0. The number of hydrogen-bond acceptors (Lipinski definition) is 1. The molecule has 0 radical (unpaired) electrons. The van der Waals surface area contributed by atoms with Crippen molar-refractivity contribution in [2.24, 2.45) is 4.99 Å². The van der Waals surface area contributed by atoms with Crippen LogP contribution >= 0.6 is 0 Å². The van der Waals surface area contributed by atoms with E-state index in [1.165, 1.54) is 5.57 Å². The molecule has 14 heavy (non-hydrogen) atoms. The van der Waals surface area contributed by atoms with Gasteiger partial charge >= 0.3 is 0 Å². The second-order valence-electron chi connectivity index (χ2n) is 3.20. The maximum Gasteiger partial charge on any atom is 0.0701 e. The van der Waals surface area contributed by atoms with E-state index in [-0.39, 0.29) is 0 Å². The van der Waals surface area contributed by atoms with E-state index in [2.05, 4.69) is 37.6 Å². The van der Waals surface area contributed by atoms with Crippen LogP contribution in [0.4, 0.5) is 0 Å². The summed E-state index contributed by atoms with van der Waals surface area (Å²) in [7, 11) is 0. The molecule has 0 atom stereocenters. The molecule has 0 unspecified atom stereocenters. The minimum absolute atomic E-state index is 0.903. The van der Waals surface area contributed by atoms with Gasteiger partial charge in [0, 0.05) is 5.70 Å². The molecule has 0 aromatic rings. The molecule has 1 heteroatoms. The summed E-state index contributed by atoms with van der Waals surface area (Å²) >= 11 is 0. The van der Waals surface area contributed by atoms with E-state index in [1.54, 1.807) is 0 Å². The molecule has 1 nitrogen and oxygen atoms in total. The molecule has 74 valence electrons. The molecule has 0 bridgehead atoms. The van der Waals surface area contributed by atoms with E-state index in [0.29, 0.717) is 0 Å². The lowest BCUT2D eigenvalue weighted by Crippen LogP contribution is -2.00. The summed E-state index contributed by atoms with van der Waals surface area (Å²) < 4.78 is 0. The lowest BCUT2D eigenvalue weighted by atomic mass is 10.0. The summed E-state index contributed by atoms with van der Waals surface area (Å²) in [5, 5.41) is 0. The summed E-state index contributed by atoms with van der Waals surface area (Å²) in [4.78, 5) is 4.47. The molecule has 1 rings (SSSR count). The summed E-state index contributed by atoms with van der Waals surface area (Å²) in [6, 6.07) is 0. The van der Waals surface area contributed by atoms with Crippen LogP contribution in [0.25, 0.3) is 0 Å². The first kappa shape index (κ1) is 10.7. The van der Waals surface area contributed by atoms with Gasteiger partial charge in [0.1, 0.15) is 0 Å². The lowest BCUT2D eigenvalue weighted by molar-refractivity contribution is 1.08. The predicted molar refractivity (Wildman–Crippen MR) is 63.5 cm³/mol. The van der Waals surface area contributed by atoms with Crippen molar-refractivity contribution < 1.29 is 0 Å². The van der Waals surface area contributed by atoms with E-state index in [4.69, 9.17) is 0 Å². The molecule has 0 aromatic heterocycles. The first-order valence-corrected chi connectivity index (χ1v) is 5.09. The van der Waals surface area contributed by atoms with Crippen LogP contribution in [0.15, 0.2) is 53.2 Å². The van der Waals surface area contributed by atoms with Gasteiger partial charge in [0.05, 0.1) is 5.71 Å². The van der Waals surface area contributed by atoms with Gasteiger partial charge < -0.3 is 0 Å². The third kappa shape index (κ3) is 2.84. The van der Waals surface area contributed by atoms with Crippen molar-refractivity contribution in [2.45, 2.75) is 26.7 Å². The van der Waals surface area contributed by atoms with Crippen molar-refractivity contribution >= 4 is 5.71 Å². The van der Waals surface area contributed by atoms with E-state index >= 15 is 0 Å². The topological polar surface area (TPSA) is 12.4 Å². The molecule has 0 saturated carbocycles. The zero-order valence-corrected chi connectivity index (χ0v) is 8.96. The molecular formula is C13H17N. The van der Waals surface area contributed by atoms with Crippen molar-refractivity contribution in [3.63, 3.8) is 0 Å². The van der Waals surface area contributed by atoms with E-state index in [0.717, 1.165) is 24.3 Å². The fraction of sp³-hybridized carbons (Fsp3) is 0.308. The van der Waals surface area contributed by atoms with Gasteiger partial charge in [-0.15, -0.1) is 0 Å². The number of nitrogens with zero attached hydrogens (tertiary/aromatic N) is 1. The summed E-state index contributed by atoms with van der Waals surface area (Å²) in [6.07, 6.45) is 12.3. The van der Waals surface area contributed by atoms with Crippen LogP contribution < -0.4 is 0 Å². The molecule has 0 spiro atoms. The Morgan fingerprint density at radius 2 is 2.07 bits per heavy atom. The van der Waals surface area contributed by atoms with Gasteiger partial charge in [0.2, 0.25) is 0 Å². The van der Waals surface area contributed by atoms with Crippen molar-refractivity contribution in [1.29, 1.82) is 0 Å². The highest BCUT2D eigenvalue weighted by molar-refractivity contribution is 6.11. The average molecular weight is 187 g/mol. The zero-order valence-electron chi connectivity index (χ0n) is 8.96. The Kier molecular flexibility index (Phi) is 4.11. The average Bonchev–Trinajstić information content (AvgIpc) is 2.21. The van der Waals surface area contributed by atoms with Crippen LogP contribution in [0.2, 0.25) is 0 Å². The fourth-order valence-corrected chi connectivity index (χ4v) is 1.23. The van der Waals surface area contributed by atoms with Crippen LogP contribution in [0, 0.1) is 0 Å². The molecule has 1 aliphatic rings. The third-order valence-corrected chi connectivity index (χ3v) is 2.05. The normalized spacial score (nSPS) is 20.7. The molecule has 0 fully saturated rings. The SMILES string of the molecule is C=C(CC)/N=C1/C=CC=C/C1=C/CC. The van der Waals surface area contributed by atoms with Gasteiger partial charge in [-0.3, -0.25) is 4.99 Å². The predicted octanol–water partition coefficient (Wildman–Crippen LogP) is 3.81. The van der Waals surface area contributed by atoms with E-state index < -0.39 is 0 Å². The third-order valence-electron chi connectivity index (χ3n) is 2.05. The van der Waals surface area contributed by atoms with Crippen molar-refractivity contribution in [1.82, 2.24) is 0 Å². The lowest BCUT2D eigenvalue weighted by Gasteiger charge is -2.06. The Morgan fingerprint density at radius 1 is 1.36 bits per heavy atom. The summed E-state index contributed by atoms with van der Waals surface area (Å²) in [5.41, 5.74) is 3.16. The van der Waals surface area contributed by atoms with Crippen molar-refractivity contribution in [3.8, 4) is 0 Å². The Labute approximate surface area is 86.2 Å². The number of rotatable bonds is 3. The highest BCUT2D eigenvalue weighted by Crippen LogP contribution is 2.12. The molecule has 1 aliphatic carbocycles. The Morgan fingerprint density at radius 3 is 2.71 bits per heavy atom. The van der Waals surface area contributed by atoms with Gasteiger partial charge in [0.15, 0.2) is 0 Å². The second-order valence-corrected chi connectivity index (χ2v) is 3.20. The van der Waals surface area contributed by atoms with Gasteiger partial charge in [-0.2, -0.15) is 0 Å². The van der Waals surface area contributed by atoms with Gasteiger partial charge in [-0.1, -0.05) is 44.7 Å². The van der Waals surface area contributed by atoms with Crippen LogP contribution in [-0.2, 0) is 0 Å². The maximum atomic E-state index is 4.47. The maximum absolute atomic E-state index is 4.47. The minimum atomic E-state index is 0.903. The van der Waals surface area contributed by atoms with E-state index in [9.17, 15) is 0 Å². The first-order valence-electron chi connectivity index (χ1n) is 5.09. The molecule has 0 N–H and O–H groups in total. The Hall–Kier alpha value is -1.37. The Balaban J connectivity index is 2.91. The quantitative estimate of drug-likeness (QED) is 0.637. The highest BCUT2D eigenvalue weighted by atomic mass is 14.7. The highest BCUT2D eigenvalue weighted by Gasteiger charge is 2.02. The van der Waals surface area contributed by atoms with Crippen LogP contribution in [0.5, 0.6) is 0 Å². The van der Waals surface area contributed by atoms with Crippen molar-refractivity contribution in [2.75, 3.05) is 0 Å². The molecule has 0 aliphatic heterocycles. The number of allylic oxidation sites excluding steroid dienone is 7. The molecule has 0 amide bonds. The molecule has 0 aromatic carbocycles. The van der Waals surface area contributed by atoms with Crippen LogP contribution in [0.3, 0.4) is 0 Å². The van der Waals surface area contributed by atoms with Gasteiger partial charge in [-0.05, 0) is 24.5 Å². The van der Waals surface area contributed by atoms with Gasteiger partial charge in [0.25, 0.3) is 0 Å². The largest absolute Gasteiger partial charge is 0.253 e. The number of hydrogen-bond donors (Lipinski definition) is 0. The zero-order chi connectivity index (χ0) is 10.4. The fourth-order valence-electron chi connectivity index (χ4n) is 1.23. The second kappa shape index (κ2) is 5.38. The van der Waals surface area contributed by atoms with E-state index in [1.807, 2.05) is 18.2 Å².